The van der Waals surface area contributed by atoms with Gasteiger partial charge in [-0.3, -0.25) is 0 Å². The van der Waals surface area contributed by atoms with Crippen molar-refractivity contribution in [3.05, 3.63) is 0 Å². The van der Waals surface area contributed by atoms with Crippen LogP contribution >= 0.6 is 0 Å². The zero-order chi connectivity index (χ0) is 22.2. The molecule has 1 aliphatic carbocycles. The minimum Gasteiger partial charge on any atom is -0.434 e. The minimum atomic E-state index is -0.624. The monoisotopic (exact) mass is 428 g/mol. The molecule has 0 saturated heterocycles. The fourth-order valence-corrected chi connectivity index (χ4v) is 3.89. The molecule has 0 spiro atoms. The molecule has 1 saturated carbocycles. The van der Waals surface area contributed by atoms with Crippen molar-refractivity contribution in [3.8, 4) is 0 Å². The van der Waals surface area contributed by atoms with Crippen molar-refractivity contribution in [1.29, 1.82) is 0 Å². The van der Waals surface area contributed by atoms with E-state index in [-0.39, 0.29) is 12.2 Å². The largest absolute Gasteiger partial charge is 0.508 e. The Balaban J connectivity index is 2.27. The maximum absolute atomic E-state index is 12.1. The lowest BCUT2D eigenvalue weighted by molar-refractivity contribution is -0.0376. The van der Waals surface area contributed by atoms with Crippen LogP contribution in [-0.4, -0.2) is 37.7 Å². The van der Waals surface area contributed by atoms with Crippen LogP contribution < -0.4 is 0 Å². The summed E-state index contributed by atoms with van der Waals surface area (Å²) >= 11 is 0. The summed E-state index contributed by atoms with van der Waals surface area (Å²) in [5, 5.41) is 0. The predicted molar refractivity (Wildman–Crippen MR) is 118 cm³/mol. The molecule has 176 valence electrons. The third-order valence-corrected chi connectivity index (χ3v) is 5.60. The smallest absolute Gasteiger partial charge is 0.434 e. The Kier molecular flexibility index (Phi) is 14.4. The Hall–Kier alpha value is -1.46. The van der Waals surface area contributed by atoms with E-state index < -0.39 is 12.3 Å². The van der Waals surface area contributed by atoms with E-state index in [1.807, 2.05) is 0 Å². The molecule has 3 atom stereocenters. The highest BCUT2D eigenvalue weighted by molar-refractivity contribution is 5.60. The topological polar surface area (TPSA) is 71.1 Å². The fourth-order valence-electron chi connectivity index (χ4n) is 3.89. The third-order valence-electron chi connectivity index (χ3n) is 5.60. The number of carbonyl (C=O) groups is 2. The predicted octanol–water partition coefficient (Wildman–Crippen LogP) is 7.04. The van der Waals surface area contributed by atoms with Gasteiger partial charge in [-0.25, -0.2) is 9.59 Å². The number of ether oxygens (including phenoxy) is 4. The van der Waals surface area contributed by atoms with Gasteiger partial charge in [0, 0.05) is 6.42 Å². The summed E-state index contributed by atoms with van der Waals surface area (Å²) < 4.78 is 21.4. The molecule has 0 N–H and O–H groups in total. The van der Waals surface area contributed by atoms with E-state index in [2.05, 4.69) is 27.7 Å². The summed E-state index contributed by atoms with van der Waals surface area (Å²) in [6.45, 7) is 9.43. The molecule has 30 heavy (non-hydrogen) atoms. The van der Waals surface area contributed by atoms with Crippen molar-refractivity contribution in [2.45, 2.75) is 117 Å². The van der Waals surface area contributed by atoms with Crippen LogP contribution in [0, 0.1) is 11.8 Å². The van der Waals surface area contributed by atoms with Gasteiger partial charge in [-0.2, -0.15) is 0 Å². The highest BCUT2D eigenvalue weighted by atomic mass is 16.7. The van der Waals surface area contributed by atoms with Gasteiger partial charge in [0.2, 0.25) is 0 Å². The SMILES string of the molecule is CCCCCC(CCC)COC(=O)OC1CCCC(OC(=O)OCCCC(C)C)C1. The van der Waals surface area contributed by atoms with E-state index in [0.717, 1.165) is 51.4 Å². The maximum Gasteiger partial charge on any atom is 0.508 e. The second kappa shape index (κ2) is 16.3. The first kappa shape index (κ1) is 26.6. The van der Waals surface area contributed by atoms with E-state index in [9.17, 15) is 9.59 Å². The molecule has 0 aliphatic heterocycles. The highest BCUT2D eigenvalue weighted by Crippen LogP contribution is 2.25. The van der Waals surface area contributed by atoms with Gasteiger partial charge in [-0.05, 0) is 56.8 Å². The van der Waals surface area contributed by atoms with Crippen LogP contribution in [0.15, 0.2) is 0 Å². The van der Waals surface area contributed by atoms with E-state index in [1.54, 1.807) is 0 Å². The summed E-state index contributed by atoms with van der Waals surface area (Å²) in [6, 6.07) is 0. The normalized spacial score (nSPS) is 19.9. The first-order valence-corrected chi connectivity index (χ1v) is 12.1. The Bertz CT molecular complexity index is 465. The van der Waals surface area contributed by atoms with Crippen LogP contribution in [-0.2, 0) is 18.9 Å². The van der Waals surface area contributed by atoms with Crippen molar-refractivity contribution >= 4 is 12.3 Å². The molecular weight excluding hydrogens is 384 g/mol. The molecule has 6 nitrogen and oxygen atoms in total. The highest BCUT2D eigenvalue weighted by Gasteiger charge is 2.28. The Labute approximate surface area is 183 Å². The number of hydrogen-bond acceptors (Lipinski definition) is 6. The number of rotatable bonds is 14. The van der Waals surface area contributed by atoms with Gasteiger partial charge in [-0.1, -0.05) is 53.4 Å². The van der Waals surface area contributed by atoms with Gasteiger partial charge < -0.3 is 18.9 Å². The average Bonchev–Trinajstić information content (AvgIpc) is 2.69. The van der Waals surface area contributed by atoms with Crippen LogP contribution in [0.3, 0.4) is 0 Å². The summed E-state index contributed by atoms with van der Waals surface area (Å²) in [7, 11) is 0. The van der Waals surface area contributed by atoms with Crippen LogP contribution in [0.4, 0.5) is 9.59 Å². The van der Waals surface area contributed by atoms with E-state index in [1.165, 1.54) is 19.3 Å². The summed E-state index contributed by atoms with van der Waals surface area (Å²) in [5.41, 5.74) is 0. The second-order valence-electron chi connectivity index (χ2n) is 8.99. The molecule has 0 aromatic rings. The molecule has 0 bridgehead atoms. The molecule has 0 amide bonds. The number of hydrogen-bond donors (Lipinski definition) is 0. The molecule has 0 radical (unpaired) electrons. The number of carbonyl (C=O) groups excluding carboxylic acids is 2. The summed E-state index contributed by atoms with van der Waals surface area (Å²) in [4.78, 5) is 24.0. The van der Waals surface area contributed by atoms with Crippen molar-refractivity contribution in [3.63, 3.8) is 0 Å². The van der Waals surface area contributed by atoms with Crippen molar-refractivity contribution in [2.24, 2.45) is 11.8 Å². The standard InChI is InChI=1S/C24H44O6/c1-5-7-8-13-20(11-6-2)18-28-24(26)30-22-15-9-14-21(17-22)29-23(25)27-16-10-12-19(3)4/h19-22H,5-18H2,1-4H3. The Morgan fingerprint density at radius 1 is 0.833 bits per heavy atom. The number of unbranched alkanes of at least 4 members (excludes halogenated alkanes) is 2. The van der Waals surface area contributed by atoms with Crippen LogP contribution in [0.2, 0.25) is 0 Å². The molecular formula is C24H44O6. The lowest BCUT2D eigenvalue weighted by Crippen LogP contribution is -2.32. The molecule has 0 aromatic heterocycles. The first-order chi connectivity index (χ1) is 14.4. The maximum atomic E-state index is 12.1. The van der Waals surface area contributed by atoms with Crippen molar-refractivity contribution in [2.75, 3.05) is 13.2 Å². The van der Waals surface area contributed by atoms with Crippen molar-refractivity contribution < 1.29 is 28.5 Å². The molecule has 1 aliphatic rings. The molecule has 1 rings (SSSR count). The van der Waals surface area contributed by atoms with E-state index >= 15 is 0 Å². The zero-order valence-electron chi connectivity index (χ0n) is 19.7. The lowest BCUT2D eigenvalue weighted by atomic mass is 9.95. The third kappa shape index (κ3) is 13.0. The van der Waals surface area contributed by atoms with E-state index in [0.29, 0.717) is 31.5 Å². The zero-order valence-corrected chi connectivity index (χ0v) is 19.7. The van der Waals surface area contributed by atoms with Gasteiger partial charge in [-0.15, -0.1) is 0 Å². The molecule has 6 heteroatoms. The van der Waals surface area contributed by atoms with Gasteiger partial charge in [0.15, 0.2) is 0 Å². The quantitative estimate of drug-likeness (QED) is 0.218. The molecule has 0 heterocycles. The van der Waals surface area contributed by atoms with Crippen LogP contribution in [0.25, 0.3) is 0 Å². The summed E-state index contributed by atoms with van der Waals surface area (Å²) in [6.07, 6.45) is 9.82. The second-order valence-corrected chi connectivity index (χ2v) is 8.99. The molecule has 0 aromatic carbocycles. The van der Waals surface area contributed by atoms with Gasteiger partial charge in [0.1, 0.15) is 12.2 Å². The lowest BCUT2D eigenvalue weighted by Gasteiger charge is -2.28. The molecule has 1 fully saturated rings. The van der Waals surface area contributed by atoms with Crippen LogP contribution in [0.1, 0.15) is 105 Å². The Morgan fingerprint density at radius 3 is 2.10 bits per heavy atom. The van der Waals surface area contributed by atoms with Gasteiger partial charge in [0.05, 0.1) is 13.2 Å². The minimum absolute atomic E-state index is 0.268. The van der Waals surface area contributed by atoms with Gasteiger partial charge >= 0.3 is 12.3 Å². The fraction of sp³-hybridized carbons (Fsp3) is 0.917. The van der Waals surface area contributed by atoms with E-state index in [4.69, 9.17) is 18.9 Å². The Morgan fingerprint density at radius 2 is 1.50 bits per heavy atom. The first-order valence-electron chi connectivity index (χ1n) is 12.1. The molecule has 3 unspecified atom stereocenters. The average molecular weight is 429 g/mol. The van der Waals surface area contributed by atoms with Crippen molar-refractivity contribution in [1.82, 2.24) is 0 Å². The summed E-state index contributed by atoms with van der Waals surface area (Å²) in [5.74, 6) is 0.997. The van der Waals surface area contributed by atoms with Crippen LogP contribution in [0.5, 0.6) is 0 Å². The van der Waals surface area contributed by atoms with Gasteiger partial charge in [0.25, 0.3) is 0 Å².